The number of nitrogens with zero attached hydrogens (tertiary/aromatic N) is 2. The molecule has 1 N–H and O–H groups in total. The molecule has 0 bridgehead atoms. The van der Waals surface area contributed by atoms with E-state index in [0.29, 0.717) is 17.7 Å². The van der Waals surface area contributed by atoms with Crippen LogP contribution in [0.4, 0.5) is 4.39 Å². The average Bonchev–Trinajstić information content (AvgIpc) is 2.34. The Bertz CT molecular complexity index is 476. The summed E-state index contributed by atoms with van der Waals surface area (Å²) in [5.41, 5.74) is 1.12. The molecule has 0 aromatic heterocycles. The highest BCUT2D eigenvalue weighted by Gasteiger charge is 2.29. The second-order valence-electron chi connectivity index (χ2n) is 5.33. The summed E-state index contributed by atoms with van der Waals surface area (Å²) in [6.45, 7) is 7.55. The highest BCUT2D eigenvalue weighted by molar-refractivity contribution is 5.33. The van der Waals surface area contributed by atoms with Crippen molar-refractivity contribution in [2.75, 3.05) is 19.6 Å². The molecule has 96 valence electrons. The maximum absolute atomic E-state index is 13.8. The Morgan fingerprint density at radius 3 is 2.94 bits per heavy atom. The standard InChI is InChI=1S/C14H18FN3/c1-14(2)10-17-5-6-18(14)9-12-7-11(8-16)3-4-13(12)15/h3-4,7,17H,5-6,9-10H2,1-2H3. The molecule has 1 fully saturated rings. The molecule has 1 saturated heterocycles. The SMILES string of the molecule is CC1(C)CNCCN1Cc1cc(C#N)ccc1F. The van der Waals surface area contributed by atoms with Crippen molar-refractivity contribution in [2.24, 2.45) is 0 Å². The molecule has 1 aromatic carbocycles. The quantitative estimate of drug-likeness (QED) is 0.867. The number of nitriles is 1. The largest absolute Gasteiger partial charge is 0.314 e. The third-order valence-corrected chi connectivity index (χ3v) is 3.51. The molecule has 0 atom stereocenters. The molecule has 1 aliphatic heterocycles. The summed E-state index contributed by atoms with van der Waals surface area (Å²) in [6.07, 6.45) is 0. The van der Waals surface area contributed by atoms with E-state index in [0.717, 1.165) is 19.6 Å². The van der Waals surface area contributed by atoms with E-state index in [1.165, 1.54) is 12.1 Å². The number of hydrogen-bond acceptors (Lipinski definition) is 3. The summed E-state index contributed by atoms with van der Waals surface area (Å²) >= 11 is 0. The van der Waals surface area contributed by atoms with Crippen LogP contribution in [0.25, 0.3) is 0 Å². The third-order valence-electron chi connectivity index (χ3n) is 3.51. The fourth-order valence-electron chi connectivity index (χ4n) is 2.29. The lowest BCUT2D eigenvalue weighted by Crippen LogP contribution is -2.57. The van der Waals surface area contributed by atoms with E-state index in [2.05, 4.69) is 30.1 Å². The van der Waals surface area contributed by atoms with Gasteiger partial charge in [-0.25, -0.2) is 4.39 Å². The summed E-state index contributed by atoms with van der Waals surface area (Å²) in [4.78, 5) is 2.25. The van der Waals surface area contributed by atoms with Crippen LogP contribution in [0.5, 0.6) is 0 Å². The van der Waals surface area contributed by atoms with E-state index < -0.39 is 0 Å². The van der Waals surface area contributed by atoms with Crippen LogP contribution in [-0.2, 0) is 6.54 Å². The predicted octanol–water partition coefficient (Wildman–Crippen LogP) is 1.88. The van der Waals surface area contributed by atoms with Gasteiger partial charge in [0, 0.05) is 37.3 Å². The molecule has 3 nitrogen and oxygen atoms in total. The van der Waals surface area contributed by atoms with Crippen molar-refractivity contribution in [3.8, 4) is 6.07 Å². The van der Waals surface area contributed by atoms with E-state index in [1.807, 2.05) is 0 Å². The van der Waals surface area contributed by atoms with E-state index in [4.69, 9.17) is 5.26 Å². The Balaban J connectivity index is 2.20. The molecule has 1 aliphatic rings. The van der Waals surface area contributed by atoms with Gasteiger partial charge in [0.05, 0.1) is 11.6 Å². The van der Waals surface area contributed by atoms with Crippen molar-refractivity contribution in [2.45, 2.75) is 25.9 Å². The van der Waals surface area contributed by atoms with E-state index in [1.54, 1.807) is 6.07 Å². The first-order valence-electron chi connectivity index (χ1n) is 6.17. The molecular weight excluding hydrogens is 229 g/mol. The average molecular weight is 247 g/mol. The zero-order valence-corrected chi connectivity index (χ0v) is 10.8. The van der Waals surface area contributed by atoms with Gasteiger partial charge in [-0.2, -0.15) is 5.26 Å². The van der Waals surface area contributed by atoms with Crippen molar-refractivity contribution in [3.63, 3.8) is 0 Å². The monoisotopic (exact) mass is 247 g/mol. The second-order valence-corrected chi connectivity index (χ2v) is 5.33. The van der Waals surface area contributed by atoms with Crippen molar-refractivity contribution >= 4 is 0 Å². The topological polar surface area (TPSA) is 39.1 Å². The molecule has 0 radical (unpaired) electrons. The second kappa shape index (κ2) is 5.05. The third kappa shape index (κ3) is 2.69. The van der Waals surface area contributed by atoms with Gasteiger partial charge in [-0.3, -0.25) is 4.90 Å². The van der Waals surface area contributed by atoms with Crippen LogP contribution in [-0.4, -0.2) is 30.1 Å². The van der Waals surface area contributed by atoms with Crippen LogP contribution in [0.3, 0.4) is 0 Å². The Labute approximate surface area is 107 Å². The van der Waals surface area contributed by atoms with Gasteiger partial charge in [0.2, 0.25) is 0 Å². The Hall–Kier alpha value is -1.44. The van der Waals surface area contributed by atoms with Crippen molar-refractivity contribution in [1.82, 2.24) is 10.2 Å². The van der Waals surface area contributed by atoms with Gasteiger partial charge in [0.15, 0.2) is 0 Å². The van der Waals surface area contributed by atoms with Crippen molar-refractivity contribution in [1.29, 1.82) is 5.26 Å². The summed E-state index contributed by atoms with van der Waals surface area (Å²) in [5.74, 6) is -0.233. The summed E-state index contributed by atoms with van der Waals surface area (Å²) < 4.78 is 13.8. The number of hydrogen-bond donors (Lipinski definition) is 1. The smallest absolute Gasteiger partial charge is 0.127 e. The number of piperazine rings is 1. The fourth-order valence-corrected chi connectivity index (χ4v) is 2.29. The molecule has 4 heteroatoms. The van der Waals surface area contributed by atoms with Crippen LogP contribution in [0.2, 0.25) is 0 Å². The number of rotatable bonds is 2. The van der Waals surface area contributed by atoms with Gasteiger partial charge in [0.25, 0.3) is 0 Å². The predicted molar refractivity (Wildman–Crippen MR) is 68.5 cm³/mol. The lowest BCUT2D eigenvalue weighted by atomic mass is 9.98. The molecule has 2 rings (SSSR count). The zero-order chi connectivity index (χ0) is 13.2. The van der Waals surface area contributed by atoms with Gasteiger partial charge in [-0.1, -0.05) is 0 Å². The van der Waals surface area contributed by atoms with Gasteiger partial charge in [0.1, 0.15) is 5.82 Å². The van der Waals surface area contributed by atoms with E-state index >= 15 is 0 Å². The minimum Gasteiger partial charge on any atom is -0.314 e. The minimum absolute atomic E-state index is 0.00728. The van der Waals surface area contributed by atoms with Crippen LogP contribution >= 0.6 is 0 Å². The zero-order valence-electron chi connectivity index (χ0n) is 10.8. The summed E-state index contributed by atoms with van der Waals surface area (Å²) in [5, 5.41) is 12.2. The number of nitrogens with one attached hydrogen (secondary N) is 1. The molecule has 0 saturated carbocycles. The Morgan fingerprint density at radius 1 is 1.50 bits per heavy atom. The maximum Gasteiger partial charge on any atom is 0.127 e. The van der Waals surface area contributed by atoms with Crippen LogP contribution in [0.15, 0.2) is 18.2 Å². The lowest BCUT2D eigenvalue weighted by Gasteiger charge is -2.42. The molecule has 0 amide bonds. The lowest BCUT2D eigenvalue weighted by molar-refractivity contribution is 0.0816. The fraction of sp³-hybridized carbons (Fsp3) is 0.500. The first-order chi connectivity index (χ1) is 8.53. The molecule has 0 unspecified atom stereocenters. The molecule has 0 aliphatic carbocycles. The molecule has 1 aromatic rings. The normalized spacial score (nSPS) is 19.4. The highest BCUT2D eigenvalue weighted by atomic mass is 19.1. The van der Waals surface area contributed by atoms with Gasteiger partial charge in [-0.05, 0) is 32.0 Å². The molecule has 1 heterocycles. The summed E-state index contributed by atoms with van der Waals surface area (Å²) in [6, 6.07) is 6.59. The Morgan fingerprint density at radius 2 is 2.28 bits per heavy atom. The van der Waals surface area contributed by atoms with Crippen molar-refractivity contribution in [3.05, 3.63) is 35.1 Å². The first kappa shape index (κ1) is 13.0. The number of halogens is 1. The van der Waals surface area contributed by atoms with Crippen molar-refractivity contribution < 1.29 is 4.39 Å². The molecule has 18 heavy (non-hydrogen) atoms. The number of benzene rings is 1. The van der Waals surface area contributed by atoms with Gasteiger partial charge in [-0.15, -0.1) is 0 Å². The molecular formula is C14H18FN3. The van der Waals surface area contributed by atoms with E-state index in [9.17, 15) is 4.39 Å². The maximum atomic E-state index is 13.8. The Kier molecular flexibility index (Phi) is 3.65. The summed E-state index contributed by atoms with van der Waals surface area (Å²) in [7, 11) is 0. The van der Waals surface area contributed by atoms with Crippen LogP contribution in [0.1, 0.15) is 25.0 Å². The van der Waals surface area contributed by atoms with Gasteiger partial charge >= 0.3 is 0 Å². The first-order valence-corrected chi connectivity index (χ1v) is 6.17. The van der Waals surface area contributed by atoms with Crippen LogP contribution < -0.4 is 5.32 Å². The van der Waals surface area contributed by atoms with E-state index in [-0.39, 0.29) is 11.4 Å². The van der Waals surface area contributed by atoms with Crippen LogP contribution in [0, 0.1) is 17.1 Å². The van der Waals surface area contributed by atoms with Gasteiger partial charge < -0.3 is 5.32 Å². The minimum atomic E-state index is -0.233. The highest BCUT2D eigenvalue weighted by Crippen LogP contribution is 2.21. The molecule has 0 spiro atoms.